The third-order valence-corrected chi connectivity index (χ3v) is 5.44. The second-order valence-corrected chi connectivity index (χ2v) is 7.47. The van der Waals surface area contributed by atoms with Gasteiger partial charge in [0.25, 0.3) is 5.91 Å². The van der Waals surface area contributed by atoms with E-state index in [1.54, 1.807) is 12.1 Å². The third kappa shape index (κ3) is 4.32. The molecule has 11 heteroatoms. The number of alkyl halides is 4. The Morgan fingerprint density at radius 1 is 1.09 bits per heavy atom. The van der Waals surface area contributed by atoms with E-state index < -0.39 is 36.5 Å². The highest BCUT2D eigenvalue weighted by atomic mass is 19.4. The molecule has 2 saturated heterocycles. The third-order valence-electron chi connectivity index (χ3n) is 5.44. The van der Waals surface area contributed by atoms with Crippen LogP contribution in [0.25, 0.3) is 0 Å². The fraction of sp³-hybridized carbons (Fsp3) is 0.381. The van der Waals surface area contributed by atoms with E-state index in [4.69, 9.17) is 4.74 Å². The average molecular weight is 452 g/mol. The van der Waals surface area contributed by atoms with Crippen LogP contribution in [0, 0.1) is 0 Å². The molecule has 0 radical (unpaired) electrons. The first-order valence-electron chi connectivity index (χ1n) is 9.98. The van der Waals surface area contributed by atoms with Gasteiger partial charge in [-0.05, 0) is 24.3 Å². The highest BCUT2D eigenvalue weighted by molar-refractivity contribution is 5.96. The molecule has 2 aromatic rings. The lowest BCUT2D eigenvalue weighted by Crippen LogP contribution is -2.49. The van der Waals surface area contributed by atoms with Crippen LogP contribution in [0.2, 0.25) is 0 Å². The number of benzene rings is 1. The van der Waals surface area contributed by atoms with E-state index in [2.05, 4.69) is 4.98 Å². The highest BCUT2D eigenvalue weighted by Crippen LogP contribution is 2.32. The minimum absolute atomic E-state index is 0.108. The lowest BCUT2D eigenvalue weighted by Gasteiger charge is -2.35. The van der Waals surface area contributed by atoms with Crippen molar-refractivity contribution in [2.75, 3.05) is 49.2 Å². The summed E-state index contributed by atoms with van der Waals surface area (Å²) in [5.41, 5.74) is -0.826. The second kappa shape index (κ2) is 8.64. The Morgan fingerprint density at radius 3 is 2.41 bits per heavy atom. The summed E-state index contributed by atoms with van der Waals surface area (Å²) in [5, 5.41) is 0. The van der Waals surface area contributed by atoms with Crippen LogP contribution < -0.4 is 9.80 Å². The number of ether oxygens (including phenoxy) is 1. The molecule has 4 rings (SSSR count). The quantitative estimate of drug-likeness (QED) is 0.666. The summed E-state index contributed by atoms with van der Waals surface area (Å²) >= 11 is 0. The van der Waals surface area contributed by atoms with E-state index in [1.807, 2.05) is 4.90 Å². The first kappa shape index (κ1) is 21.8. The van der Waals surface area contributed by atoms with E-state index in [0.717, 1.165) is 6.07 Å². The Morgan fingerprint density at radius 2 is 1.81 bits per heavy atom. The number of hydrogen-bond acceptors (Lipinski definition) is 5. The predicted molar refractivity (Wildman–Crippen MR) is 107 cm³/mol. The summed E-state index contributed by atoms with van der Waals surface area (Å²) in [6.45, 7) is 0.612. The molecule has 0 N–H and O–H groups in total. The Hall–Kier alpha value is -3.37. The topological polar surface area (TPSA) is 66.0 Å². The van der Waals surface area contributed by atoms with Gasteiger partial charge in [0.2, 0.25) is 0 Å². The molecule has 0 aliphatic carbocycles. The maximum atomic E-state index is 13.2. The number of carbonyl (C=O) groups excluding carboxylic acids is 2. The first-order valence-corrected chi connectivity index (χ1v) is 9.98. The van der Waals surface area contributed by atoms with Crippen molar-refractivity contribution in [1.82, 2.24) is 9.88 Å². The number of pyridine rings is 1. The van der Waals surface area contributed by atoms with Gasteiger partial charge in [-0.2, -0.15) is 13.2 Å². The molecule has 170 valence electrons. The molecule has 2 fully saturated rings. The maximum absolute atomic E-state index is 13.2. The molecule has 0 saturated carbocycles. The molecule has 0 spiro atoms. The van der Waals surface area contributed by atoms with Gasteiger partial charge in [0.15, 0.2) is 0 Å². The Balaban J connectivity index is 1.39. The lowest BCUT2D eigenvalue weighted by molar-refractivity contribution is -0.138. The van der Waals surface area contributed by atoms with Gasteiger partial charge in [-0.3, -0.25) is 9.69 Å². The molecular formula is C21H20F4N4O3. The number of cyclic esters (lactones) is 1. The van der Waals surface area contributed by atoms with Crippen LogP contribution in [0.4, 0.5) is 33.9 Å². The summed E-state index contributed by atoms with van der Waals surface area (Å²) in [5.74, 6) is -0.0537. The van der Waals surface area contributed by atoms with Gasteiger partial charge >= 0.3 is 12.3 Å². The summed E-state index contributed by atoms with van der Waals surface area (Å²) < 4.78 is 57.3. The largest absolute Gasteiger partial charge is 0.441 e. The number of rotatable bonds is 4. The molecule has 1 aromatic heterocycles. The van der Waals surface area contributed by atoms with Crippen LogP contribution >= 0.6 is 0 Å². The van der Waals surface area contributed by atoms with Crippen molar-refractivity contribution in [2.24, 2.45) is 0 Å². The normalized spacial score (nSPS) is 19.3. The van der Waals surface area contributed by atoms with Crippen molar-refractivity contribution in [1.29, 1.82) is 0 Å². The molecule has 2 amide bonds. The maximum Gasteiger partial charge on any atom is 0.417 e. The van der Waals surface area contributed by atoms with Crippen LogP contribution in [0.1, 0.15) is 15.9 Å². The fourth-order valence-electron chi connectivity index (χ4n) is 3.76. The van der Waals surface area contributed by atoms with Crippen molar-refractivity contribution < 1.29 is 31.9 Å². The number of anilines is 2. The van der Waals surface area contributed by atoms with Gasteiger partial charge in [-0.15, -0.1) is 0 Å². The molecule has 0 unspecified atom stereocenters. The summed E-state index contributed by atoms with van der Waals surface area (Å²) in [7, 11) is 0. The zero-order valence-corrected chi connectivity index (χ0v) is 16.9. The van der Waals surface area contributed by atoms with Gasteiger partial charge < -0.3 is 14.5 Å². The van der Waals surface area contributed by atoms with Crippen LogP contribution in [0.3, 0.4) is 0 Å². The average Bonchev–Trinajstić information content (AvgIpc) is 3.19. The molecule has 1 aromatic carbocycles. The van der Waals surface area contributed by atoms with Crippen molar-refractivity contribution in [3.05, 3.63) is 53.7 Å². The molecule has 0 bridgehead atoms. The smallest absolute Gasteiger partial charge is 0.417 e. The number of carbonyl (C=O) groups is 2. The SMILES string of the molecule is O=C(c1ccccc1C(F)(F)F)N1CCN(c2ccc(N3C[C@H](CF)OC3=O)cn2)CC1. The van der Waals surface area contributed by atoms with Crippen LogP contribution in [-0.2, 0) is 10.9 Å². The minimum Gasteiger partial charge on any atom is -0.441 e. The van der Waals surface area contributed by atoms with E-state index >= 15 is 0 Å². The number of hydrogen-bond donors (Lipinski definition) is 0. The van der Waals surface area contributed by atoms with Gasteiger partial charge in [-0.1, -0.05) is 12.1 Å². The molecule has 2 aliphatic heterocycles. The van der Waals surface area contributed by atoms with Gasteiger partial charge in [0, 0.05) is 26.2 Å². The molecule has 7 nitrogen and oxygen atoms in total. The zero-order chi connectivity index (χ0) is 22.9. The Labute approximate surface area is 181 Å². The predicted octanol–water partition coefficient (Wildman–Crippen LogP) is 3.36. The molecule has 2 aliphatic rings. The Kier molecular flexibility index (Phi) is 5.90. The highest BCUT2D eigenvalue weighted by Gasteiger charge is 2.36. The number of aromatic nitrogens is 1. The first-order chi connectivity index (χ1) is 15.3. The number of amides is 2. The number of halogens is 4. The number of piperazine rings is 1. The summed E-state index contributed by atoms with van der Waals surface area (Å²) in [6, 6.07) is 8.13. The summed E-state index contributed by atoms with van der Waals surface area (Å²) in [4.78, 5) is 33.5. The van der Waals surface area contributed by atoms with Gasteiger partial charge in [0.1, 0.15) is 18.6 Å². The molecule has 3 heterocycles. The minimum atomic E-state index is -4.61. The van der Waals surface area contributed by atoms with Gasteiger partial charge in [0.05, 0.1) is 29.6 Å². The summed E-state index contributed by atoms with van der Waals surface area (Å²) in [6.07, 6.45) is -4.55. The number of nitrogens with zero attached hydrogens (tertiary/aromatic N) is 4. The monoisotopic (exact) mass is 452 g/mol. The lowest BCUT2D eigenvalue weighted by atomic mass is 10.1. The van der Waals surface area contributed by atoms with Crippen molar-refractivity contribution >= 4 is 23.5 Å². The molecule has 32 heavy (non-hydrogen) atoms. The van der Waals surface area contributed by atoms with E-state index in [1.165, 1.54) is 34.2 Å². The fourth-order valence-corrected chi connectivity index (χ4v) is 3.76. The standard InChI is InChI=1S/C21H20F4N4O3/c22-11-15-13-29(20(31)32-15)14-5-6-18(26-12-14)27-7-9-28(10-8-27)19(30)16-3-1-2-4-17(16)21(23,24)25/h1-6,12,15H,7-11,13H2/t15-/m0/s1. The van der Waals surface area contributed by atoms with Gasteiger partial charge in [-0.25, -0.2) is 14.2 Å². The Bertz CT molecular complexity index is 991. The molecule has 1 atom stereocenters. The van der Waals surface area contributed by atoms with Crippen molar-refractivity contribution in [3.8, 4) is 0 Å². The van der Waals surface area contributed by atoms with Crippen LogP contribution in [0.5, 0.6) is 0 Å². The van der Waals surface area contributed by atoms with Crippen LogP contribution in [-0.4, -0.2) is 67.4 Å². The zero-order valence-electron chi connectivity index (χ0n) is 16.9. The van der Waals surface area contributed by atoms with Crippen LogP contribution in [0.15, 0.2) is 42.6 Å². The second-order valence-electron chi connectivity index (χ2n) is 7.47. The van der Waals surface area contributed by atoms with E-state index in [9.17, 15) is 27.2 Å². The molecular weight excluding hydrogens is 432 g/mol. The van der Waals surface area contributed by atoms with Crippen molar-refractivity contribution in [2.45, 2.75) is 12.3 Å². The van der Waals surface area contributed by atoms with E-state index in [-0.39, 0.29) is 25.2 Å². The van der Waals surface area contributed by atoms with Crippen molar-refractivity contribution in [3.63, 3.8) is 0 Å². The van der Waals surface area contributed by atoms with E-state index in [0.29, 0.717) is 24.6 Å².